The number of carbonyl (C=O) groups excluding carboxylic acids is 1. The molecule has 27 heavy (non-hydrogen) atoms. The Kier molecular flexibility index (Phi) is 4.47. The van der Waals surface area contributed by atoms with Gasteiger partial charge in [-0.25, -0.2) is 13.6 Å². The van der Waals surface area contributed by atoms with E-state index in [9.17, 15) is 26.7 Å². The summed E-state index contributed by atoms with van der Waals surface area (Å²) in [5, 5.41) is 12.8. The van der Waals surface area contributed by atoms with Gasteiger partial charge in [-0.2, -0.15) is 18.4 Å². The monoisotopic (exact) mass is 384 g/mol. The number of hydrogen-bond acceptors (Lipinski definition) is 4. The van der Waals surface area contributed by atoms with Crippen LogP contribution in [-0.2, 0) is 6.18 Å². The fourth-order valence-electron chi connectivity index (χ4n) is 2.41. The molecular weight excluding hydrogens is 375 g/mol. The number of urea groups is 1. The van der Waals surface area contributed by atoms with E-state index in [2.05, 4.69) is 20.6 Å². The number of alkyl halides is 3. The van der Waals surface area contributed by atoms with Gasteiger partial charge in [0.2, 0.25) is 5.82 Å². The predicted octanol–water partition coefficient (Wildman–Crippen LogP) is 3.38. The number of nitrogens with zero attached hydrogens (tertiary/aromatic N) is 4. The first-order valence-electron chi connectivity index (χ1n) is 7.18. The maximum atomic E-state index is 13.7. The second-order valence-corrected chi connectivity index (χ2v) is 5.23. The van der Waals surface area contributed by atoms with Gasteiger partial charge in [-0.1, -0.05) is 0 Å². The first-order valence-corrected chi connectivity index (χ1v) is 7.18. The van der Waals surface area contributed by atoms with E-state index in [1.54, 1.807) is 0 Å². The van der Waals surface area contributed by atoms with Gasteiger partial charge in [0, 0.05) is 0 Å². The number of carbonyl (C=O) groups is 1. The molecule has 2 amide bonds. The Bertz CT molecular complexity index is 989. The molecule has 0 fully saturated rings. The Morgan fingerprint density at radius 1 is 1.11 bits per heavy atom. The summed E-state index contributed by atoms with van der Waals surface area (Å²) in [6, 6.07) is 3.72. The number of aromatic nitrogens is 4. The normalized spacial score (nSPS) is 11.4. The lowest BCUT2D eigenvalue weighted by Crippen LogP contribution is -2.32. The van der Waals surface area contributed by atoms with Gasteiger partial charge in [-0.15, -0.1) is 10.2 Å². The number of rotatable bonds is 3. The first-order chi connectivity index (χ1) is 12.7. The molecule has 0 aliphatic rings. The molecule has 0 atom stereocenters. The minimum atomic E-state index is -5.00. The highest BCUT2D eigenvalue weighted by Gasteiger charge is 2.35. The van der Waals surface area contributed by atoms with Gasteiger partial charge >= 0.3 is 12.2 Å². The minimum Gasteiger partial charge on any atom is -0.351 e. The van der Waals surface area contributed by atoms with Crippen LogP contribution in [-0.4, -0.2) is 26.7 Å². The minimum absolute atomic E-state index is 0.0690. The molecule has 0 saturated heterocycles. The van der Waals surface area contributed by atoms with Crippen molar-refractivity contribution in [2.45, 2.75) is 6.18 Å². The maximum Gasteiger partial charge on any atom is 0.419 e. The summed E-state index contributed by atoms with van der Waals surface area (Å²) >= 11 is 0. The Morgan fingerprint density at radius 2 is 1.85 bits per heavy atom. The lowest BCUT2D eigenvalue weighted by molar-refractivity contribution is -0.139. The van der Waals surface area contributed by atoms with E-state index in [0.717, 1.165) is 24.3 Å². The summed E-state index contributed by atoms with van der Waals surface area (Å²) in [6.45, 7) is 0. The van der Waals surface area contributed by atoms with Crippen molar-refractivity contribution in [2.75, 3.05) is 4.90 Å². The van der Waals surface area contributed by atoms with Gasteiger partial charge in [0.1, 0.15) is 11.6 Å². The number of anilines is 2. The summed E-state index contributed by atoms with van der Waals surface area (Å²) in [5.74, 6) is -2.37. The van der Waals surface area contributed by atoms with Crippen molar-refractivity contribution in [2.24, 2.45) is 5.73 Å². The molecule has 3 aromatic rings. The van der Waals surface area contributed by atoms with Crippen LogP contribution in [0.1, 0.15) is 5.56 Å². The topological polar surface area (TPSA) is 101 Å². The molecule has 0 unspecified atom stereocenters. The van der Waals surface area contributed by atoms with Gasteiger partial charge in [-0.05, 0) is 41.6 Å². The van der Waals surface area contributed by atoms with Crippen molar-refractivity contribution in [1.82, 2.24) is 20.6 Å². The van der Waals surface area contributed by atoms with Crippen LogP contribution in [0.3, 0.4) is 0 Å². The van der Waals surface area contributed by atoms with Crippen LogP contribution in [0.25, 0.3) is 11.4 Å². The number of tetrazole rings is 1. The molecule has 140 valence electrons. The van der Waals surface area contributed by atoms with Gasteiger partial charge in [0.15, 0.2) is 0 Å². The number of H-pyrrole nitrogens is 1. The molecule has 12 heteroatoms. The molecule has 1 heterocycles. The highest BCUT2D eigenvalue weighted by atomic mass is 19.4. The molecule has 0 aliphatic heterocycles. The number of benzene rings is 2. The summed E-state index contributed by atoms with van der Waals surface area (Å²) in [6.07, 6.45) is -5.00. The lowest BCUT2D eigenvalue weighted by Gasteiger charge is -2.23. The van der Waals surface area contributed by atoms with Crippen LogP contribution in [0.15, 0.2) is 36.4 Å². The Hall–Kier alpha value is -3.57. The van der Waals surface area contributed by atoms with Crippen molar-refractivity contribution in [3.8, 4) is 11.4 Å². The zero-order valence-corrected chi connectivity index (χ0v) is 13.1. The predicted molar refractivity (Wildman–Crippen MR) is 82.7 cm³/mol. The number of aromatic amines is 1. The molecule has 2 aromatic carbocycles. The molecule has 0 saturated carbocycles. The molecule has 1 aromatic heterocycles. The van der Waals surface area contributed by atoms with Gasteiger partial charge < -0.3 is 5.73 Å². The average molecular weight is 384 g/mol. The summed E-state index contributed by atoms with van der Waals surface area (Å²) < 4.78 is 66.2. The van der Waals surface area contributed by atoms with E-state index in [1.165, 1.54) is 0 Å². The fraction of sp³-hybridized carbons (Fsp3) is 0.0667. The van der Waals surface area contributed by atoms with Crippen molar-refractivity contribution >= 4 is 17.4 Å². The fourth-order valence-corrected chi connectivity index (χ4v) is 2.41. The van der Waals surface area contributed by atoms with Crippen LogP contribution in [0.2, 0.25) is 0 Å². The first kappa shape index (κ1) is 18.2. The zero-order chi connectivity index (χ0) is 19.8. The maximum absolute atomic E-state index is 13.7. The van der Waals surface area contributed by atoms with E-state index < -0.39 is 29.4 Å². The largest absolute Gasteiger partial charge is 0.419 e. The van der Waals surface area contributed by atoms with Gasteiger partial charge in [0.25, 0.3) is 0 Å². The number of hydrogen-bond donors (Lipinski definition) is 2. The number of amides is 2. The number of halogens is 5. The highest BCUT2D eigenvalue weighted by molar-refractivity contribution is 6.01. The standard InChI is InChI=1S/C15H9F5N6O/c16-7-1-4-12(9(5-7)13-22-24-25-23-13)26(14(21)27)8-2-3-11(17)10(6-8)15(18,19)20/h1-6H,(H2,21,27)(H,22,23,24,25). The third-order valence-corrected chi connectivity index (χ3v) is 3.52. The van der Waals surface area contributed by atoms with Crippen LogP contribution >= 0.6 is 0 Å². The number of nitrogens with two attached hydrogens (primary N) is 1. The Labute approximate surface area is 147 Å². The molecule has 0 radical (unpaired) electrons. The van der Waals surface area contributed by atoms with Crippen LogP contribution in [0, 0.1) is 11.6 Å². The van der Waals surface area contributed by atoms with Crippen molar-refractivity contribution in [3.63, 3.8) is 0 Å². The molecular formula is C15H9F5N6O. The van der Waals surface area contributed by atoms with E-state index >= 15 is 0 Å². The number of nitrogens with one attached hydrogen (secondary N) is 1. The van der Waals surface area contributed by atoms with Crippen molar-refractivity contribution in [3.05, 3.63) is 53.6 Å². The van der Waals surface area contributed by atoms with Gasteiger partial charge in [0.05, 0.1) is 22.5 Å². The van der Waals surface area contributed by atoms with E-state index in [0.29, 0.717) is 17.0 Å². The van der Waals surface area contributed by atoms with Crippen LogP contribution in [0.5, 0.6) is 0 Å². The van der Waals surface area contributed by atoms with E-state index in [-0.39, 0.29) is 22.8 Å². The molecule has 3 rings (SSSR count). The van der Waals surface area contributed by atoms with E-state index in [4.69, 9.17) is 5.73 Å². The third-order valence-electron chi connectivity index (χ3n) is 3.52. The highest BCUT2D eigenvalue weighted by Crippen LogP contribution is 2.38. The summed E-state index contributed by atoms with van der Waals surface area (Å²) in [5.41, 5.74) is 3.15. The third kappa shape index (κ3) is 3.54. The lowest BCUT2D eigenvalue weighted by atomic mass is 10.1. The zero-order valence-electron chi connectivity index (χ0n) is 13.1. The summed E-state index contributed by atoms with van der Waals surface area (Å²) in [7, 11) is 0. The van der Waals surface area contributed by atoms with E-state index in [1.807, 2.05) is 0 Å². The smallest absolute Gasteiger partial charge is 0.351 e. The average Bonchev–Trinajstić information content (AvgIpc) is 3.11. The van der Waals surface area contributed by atoms with Crippen molar-refractivity contribution < 1.29 is 26.7 Å². The SMILES string of the molecule is NC(=O)N(c1ccc(F)c(C(F)(F)F)c1)c1ccc(F)cc1-c1nn[nH]n1. The Morgan fingerprint density at radius 3 is 2.44 bits per heavy atom. The molecule has 7 nitrogen and oxygen atoms in total. The Balaban J connectivity index is 2.21. The number of primary amides is 1. The van der Waals surface area contributed by atoms with Crippen LogP contribution < -0.4 is 10.6 Å². The van der Waals surface area contributed by atoms with Crippen molar-refractivity contribution in [1.29, 1.82) is 0 Å². The summed E-state index contributed by atoms with van der Waals surface area (Å²) in [4.78, 5) is 12.6. The molecule has 0 aliphatic carbocycles. The molecule has 3 N–H and O–H groups in total. The van der Waals surface area contributed by atoms with Gasteiger partial charge in [-0.3, -0.25) is 4.90 Å². The second kappa shape index (κ2) is 6.63. The molecule has 0 bridgehead atoms. The van der Waals surface area contributed by atoms with Crippen LogP contribution in [0.4, 0.5) is 38.1 Å². The molecule has 0 spiro atoms. The second-order valence-electron chi connectivity index (χ2n) is 5.23. The quantitative estimate of drug-likeness (QED) is 0.676.